The van der Waals surface area contributed by atoms with Crippen LogP contribution < -0.4 is 14.8 Å². The highest BCUT2D eigenvalue weighted by molar-refractivity contribution is 6.42. The minimum absolute atomic E-state index is 0.254. The number of ether oxygens (including phenoxy) is 2. The zero-order chi connectivity index (χ0) is 20.4. The summed E-state index contributed by atoms with van der Waals surface area (Å²) in [6, 6.07) is 10.6. The number of rotatable bonds is 3. The van der Waals surface area contributed by atoms with Crippen LogP contribution in [-0.4, -0.2) is 54.6 Å². The number of carbonyl (C=O) groups is 2. The number of halogens is 2. The molecule has 0 aromatic heterocycles. The van der Waals surface area contributed by atoms with E-state index in [0.29, 0.717) is 41.9 Å². The molecule has 29 heavy (non-hydrogen) atoms. The van der Waals surface area contributed by atoms with Crippen LogP contribution in [0.2, 0.25) is 10.0 Å². The minimum atomic E-state index is -0.687. The van der Waals surface area contributed by atoms with E-state index in [2.05, 4.69) is 10.2 Å². The van der Waals surface area contributed by atoms with Crippen LogP contribution in [-0.2, 0) is 16.1 Å². The van der Waals surface area contributed by atoms with E-state index in [4.69, 9.17) is 32.7 Å². The van der Waals surface area contributed by atoms with Crippen LogP contribution in [0.4, 0.5) is 5.69 Å². The van der Waals surface area contributed by atoms with Crippen LogP contribution >= 0.6 is 23.2 Å². The highest BCUT2D eigenvalue weighted by Gasteiger charge is 2.26. The van der Waals surface area contributed by atoms with Gasteiger partial charge in [-0.2, -0.15) is 0 Å². The van der Waals surface area contributed by atoms with Gasteiger partial charge in [-0.1, -0.05) is 29.3 Å². The van der Waals surface area contributed by atoms with Crippen molar-refractivity contribution in [3.05, 3.63) is 52.0 Å². The second kappa shape index (κ2) is 8.49. The van der Waals surface area contributed by atoms with E-state index in [1.807, 2.05) is 18.2 Å². The Morgan fingerprint density at radius 2 is 1.69 bits per heavy atom. The van der Waals surface area contributed by atoms with Crippen molar-refractivity contribution in [1.29, 1.82) is 0 Å². The summed E-state index contributed by atoms with van der Waals surface area (Å²) in [5, 5.41) is 3.27. The van der Waals surface area contributed by atoms with E-state index in [0.717, 1.165) is 23.6 Å². The fourth-order valence-corrected chi connectivity index (χ4v) is 3.61. The van der Waals surface area contributed by atoms with Crippen molar-refractivity contribution in [1.82, 2.24) is 9.80 Å². The molecule has 1 fully saturated rings. The van der Waals surface area contributed by atoms with Gasteiger partial charge in [0.1, 0.15) is 0 Å². The summed E-state index contributed by atoms with van der Waals surface area (Å²) < 4.78 is 10.7. The number of piperazine rings is 1. The number of carbonyl (C=O) groups excluding carboxylic acids is 2. The monoisotopic (exact) mass is 435 g/mol. The Hall–Kier alpha value is -2.48. The average Bonchev–Trinajstić information content (AvgIpc) is 3.18. The standard InChI is InChI=1S/C20H19Cl2N3O4/c21-15-3-2-14(10-16(15)22)23-19(26)20(27)25-7-5-24(6-8-25)11-13-1-4-17-18(9-13)29-12-28-17/h1-4,9-10H,5-8,11-12H2,(H,23,26). The Kier molecular flexibility index (Phi) is 5.80. The summed E-state index contributed by atoms with van der Waals surface area (Å²) in [4.78, 5) is 28.5. The van der Waals surface area contributed by atoms with Crippen molar-refractivity contribution >= 4 is 40.7 Å². The Morgan fingerprint density at radius 3 is 2.45 bits per heavy atom. The Balaban J connectivity index is 1.28. The molecule has 0 saturated carbocycles. The third kappa shape index (κ3) is 4.58. The first-order valence-electron chi connectivity index (χ1n) is 9.16. The number of nitrogens with one attached hydrogen (secondary N) is 1. The van der Waals surface area contributed by atoms with Crippen LogP contribution in [0.15, 0.2) is 36.4 Å². The molecular formula is C20H19Cl2N3O4. The van der Waals surface area contributed by atoms with Gasteiger partial charge in [-0.25, -0.2) is 0 Å². The zero-order valence-corrected chi connectivity index (χ0v) is 17.0. The number of amides is 2. The molecular weight excluding hydrogens is 417 g/mol. The molecule has 0 spiro atoms. The molecule has 0 radical (unpaired) electrons. The van der Waals surface area contributed by atoms with Crippen LogP contribution in [0, 0.1) is 0 Å². The topological polar surface area (TPSA) is 71.1 Å². The molecule has 1 saturated heterocycles. The van der Waals surface area contributed by atoms with Crippen molar-refractivity contribution in [3.63, 3.8) is 0 Å². The van der Waals surface area contributed by atoms with E-state index in [9.17, 15) is 9.59 Å². The molecule has 4 rings (SSSR count). The summed E-state index contributed by atoms with van der Waals surface area (Å²) >= 11 is 11.8. The first kappa shape index (κ1) is 19.8. The van der Waals surface area contributed by atoms with Crippen molar-refractivity contribution in [3.8, 4) is 11.5 Å². The summed E-state index contributed by atoms with van der Waals surface area (Å²) in [6.07, 6.45) is 0. The fraction of sp³-hybridized carbons (Fsp3) is 0.300. The third-order valence-corrected chi connectivity index (χ3v) is 5.61. The Morgan fingerprint density at radius 1 is 0.931 bits per heavy atom. The maximum atomic E-state index is 12.5. The van der Waals surface area contributed by atoms with Crippen LogP contribution in [0.1, 0.15) is 5.56 Å². The lowest BCUT2D eigenvalue weighted by Gasteiger charge is -2.34. The molecule has 152 valence electrons. The maximum absolute atomic E-state index is 12.5. The average molecular weight is 436 g/mol. The van der Waals surface area contributed by atoms with Crippen LogP contribution in [0.5, 0.6) is 11.5 Å². The molecule has 9 heteroatoms. The van der Waals surface area contributed by atoms with E-state index < -0.39 is 11.8 Å². The molecule has 2 aromatic carbocycles. The molecule has 0 atom stereocenters. The molecule has 2 heterocycles. The largest absolute Gasteiger partial charge is 0.454 e. The molecule has 0 aliphatic carbocycles. The van der Waals surface area contributed by atoms with Gasteiger partial charge in [0.05, 0.1) is 10.0 Å². The quantitative estimate of drug-likeness (QED) is 0.750. The first-order chi connectivity index (χ1) is 14.0. The van der Waals surface area contributed by atoms with E-state index in [1.165, 1.54) is 6.07 Å². The lowest BCUT2D eigenvalue weighted by molar-refractivity contribution is -0.144. The number of benzene rings is 2. The van der Waals surface area contributed by atoms with Gasteiger partial charge in [0.25, 0.3) is 0 Å². The molecule has 1 N–H and O–H groups in total. The molecule has 2 aliphatic heterocycles. The van der Waals surface area contributed by atoms with Crippen LogP contribution in [0.25, 0.3) is 0 Å². The number of fused-ring (bicyclic) bond motifs is 1. The van der Waals surface area contributed by atoms with Gasteiger partial charge in [-0.05, 0) is 35.9 Å². The number of hydrogen-bond acceptors (Lipinski definition) is 5. The second-order valence-electron chi connectivity index (χ2n) is 6.84. The van der Waals surface area contributed by atoms with Crippen molar-refractivity contribution in [2.24, 2.45) is 0 Å². The van der Waals surface area contributed by atoms with E-state index in [1.54, 1.807) is 17.0 Å². The number of nitrogens with zero attached hydrogens (tertiary/aromatic N) is 2. The highest BCUT2D eigenvalue weighted by Crippen LogP contribution is 2.33. The summed E-state index contributed by atoms with van der Waals surface area (Å²) in [5.41, 5.74) is 1.55. The summed E-state index contributed by atoms with van der Waals surface area (Å²) in [6.45, 7) is 3.33. The predicted octanol–water partition coefficient (Wildman–Crippen LogP) is 3.01. The second-order valence-corrected chi connectivity index (χ2v) is 7.65. The molecule has 2 aliphatic rings. The van der Waals surface area contributed by atoms with Crippen molar-refractivity contribution in [2.75, 3.05) is 38.3 Å². The maximum Gasteiger partial charge on any atom is 0.313 e. The van der Waals surface area contributed by atoms with Gasteiger partial charge in [-0.15, -0.1) is 0 Å². The smallest absolute Gasteiger partial charge is 0.313 e. The first-order valence-corrected chi connectivity index (χ1v) is 9.91. The van der Waals surface area contributed by atoms with Gasteiger partial charge in [0.2, 0.25) is 6.79 Å². The summed E-state index contributed by atoms with van der Waals surface area (Å²) in [5.74, 6) is 0.277. The summed E-state index contributed by atoms with van der Waals surface area (Å²) in [7, 11) is 0. The van der Waals surface area contributed by atoms with Gasteiger partial charge in [0, 0.05) is 38.4 Å². The zero-order valence-electron chi connectivity index (χ0n) is 15.5. The number of hydrogen-bond donors (Lipinski definition) is 1. The molecule has 0 bridgehead atoms. The Labute approximate surface area is 178 Å². The van der Waals surface area contributed by atoms with Crippen LogP contribution in [0.3, 0.4) is 0 Å². The van der Waals surface area contributed by atoms with Crippen molar-refractivity contribution in [2.45, 2.75) is 6.54 Å². The molecule has 7 nitrogen and oxygen atoms in total. The number of anilines is 1. The highest BCUT2D eigenvalue weighted by atomic mass is 35.5. The van der Waals surface area contributed by atoms with Gasteiger partial charge >= 0.3 is 11.8 Å². The lowest BCUT2D eigenvalue weighted by atomic mass is 10.1. The normalized spacial score (nSPS) is 16.0. The molecule has 2 amide bonds. The molecule has 2 aromatic rings. The van der Waals surface area contributed by atoms with E-state index in [-0.39, 0.29) is 6.79 Å². The fourth-order valence-electron chi connectivity index (χ4n) is 3.31. The van der Waals surface area contributed by atoms with Gasteiger partial charge in [-0.3, -0.25) is 14.5 Å². The van der Waals surface area contributed by atoms with E-state index >= 15 is 0 Å². The van der Waals surface area contributed by atoms with Crippen molar-refractivity contribution < 1.29 is 19.1 Å². The predicted molar refractivity (Wildman–Crippen MR) is 110 cm³/mol. The van der Waals surface area contributed by atoms with Gasteiger partial charge < -0.3 is 19.7 Å². The lowest BCUT2D eigenvalue weighted by Crippen LogP contribution is -2.51. The Bertz CT molecular complexity index is 945. The molecule has 0 unspecified atom stereocenters. The minimum Gasteiger partial charge on any atom is -0.454 e. The SMILES string of the molecule is O=C(Nc1ccc(Cl)c(Cl)c1)C(=O)N1CCN(Cc2ccc3c(c2)OCO3)CC1. The van der Waals surface area contributed by atoms with Gasteiger partial charge in [0.15, 0.2) is 11.5 Å². The third-order valence-electron chi connectivity index (χ3n) is 4.87.